The van der Waals surface area contributed by atoms with Gasteiger partial charge in [0.15, 0.2) is 11.5 Å². The summed E-state index contributed by atoms with van der Waals surface area (Å²) >= 11 is 21.4. The molecule has 108 valence electrons. The minimum absolute atomic E-state index is 0.376. The molecule has 0 radical (unpaired) electrons. The molecule has 0 fully saturated rings. The van der Waals surface area contributed by atoms with Crippen LogP contribution in [0, 0.1) is 0 Å². The second-order valence-electron chi connectivity index (χ2n) is 3.87. The van der Waals surface area contributed by atoms with Crippen LogP contribution < -0.4 is 9.47 Å². The molecule has 2 aromatic rings. The monoisotopic (exact) mass is 458 g/mol. The Morgan fingerprint density at radius 2 is 1.65 bits per heavy atom. The first kappa shape index (κ1) is 16.4. The van der Waals surface area contributed by atoms with Gasteiger partial charge in [0.05, 0.1) is 27.2 Å². The molecule has 0 N–H and O–H groups in total. The van der Waals surface area contributed by atoms with Crippen molar-refractivity contribution in [1.82, 2.24) is 0 Å². The molecule has 0 amide bonds. The molecule has 2 rings (SSSR count). The maximum absolute atomic E-state index is 6.55. The van der Waals surface area contributed by atoms with Crippen molar-refractivity contribution in [2.75, 3.05) is 14.2 Å². The summed E-state index contributed by atoms with van der Waals surface area (Å²) in [6, 6.07) is 5.48. The van der Waals surface area contributed by atoms with Gasteiger partial charge in [-0.15, -0.1) is 22.9 Å². The van der Waals surface area contributed by atoms with Crippen LogP contribution in [-0.2, 0) is 0 Å². The third-order valence-corrected chi connectivity index (χ3v) is 5.92. The number of ether oxygens (including phenoxy) is 2. The average molecular weight is 461 g/mol. The van der Waals surface area contributed by atoms with E-state index in [9.17, 15) is 0 Å². The van der Waals surface area contributed by atoms with Gasteiger partial charge in [0.2, 0.25) is 0 Å². The third-order valence-electron chi connectivity index (χ3n) is 2.73. The van der Waals surface area contributed by atoms with Crippen molar-refractivity contribution in [3.05, 3.63) is 41.9 Å². The second kappa shape index (κ2) is 6.88. The summed E-state index contributed by atoms with van der Waals surface area (Å²) in [6.45, 7) is 0. The molecule has 0 saturated heterocycles. The predicted octanol–water partition coefficient (Wildman–Crippen LogP) is 6.27. The second-order valence-corrected chi connectivity index (χ2v) is 8.46. The summed E-state index contributed by atoms with van der Waals surface area (Å²) in [6.07, 6.45) is 0. The molecule has 0 spiro atoms. The molecule has 0 aliphatic heterocycles. The lowest BCUT2D eigenvalue weighted by Crippen LogP contribution is -1.97. The zero-order chi connectivity index (χ0) is 14.9. The van der Waals surface area contributed by atoms with Crippen molar-refractivity contribution in [1.29, 1.82) is 0 Å². The summed E-state index contributed by atoms with van der Waals surface area (Å²) in [5, 5.41) is 0.163. The van der Waals surface area contributed by atoms with E-state index < -0.39 is 0 Å². The van der Waals surface area contributed by atoms with Gasteiger partial charge in [-0.1, -0.05) is 11.6 Å². The minimum Gasteiger partial charge on any atom is -0.493 e. The van der Waals surface area contributed by atoms with Crippen LogP contribution in [0.15, 0.2) is 25.8 Å². The zero-order valence-corrected chi connectivity index (χ0v) is 16.0. The largest absolute Gasteiger partial charge is 0.493 e. The molecule has 1 atom stereocenters. The topological polar surface area (TPSA) is 18.5 Å². The SMILES string of the molecule is COc1cc(Cl)c(C(Cl)c2cc(Br)sc2Br)cc1OC. The minimum atomic E-state index is -0.376. The van der Waals surface area contributed by atoms with Gasteiger partial charge in [0, 0.05) is 16.7 Å². The van der Waals surface area contributed by atoms with Gasteiger partial charge in [-0.25, -0.2) is 0 Å². The van der Waals surface area contributed by atoms with Crippen molar-refractivity contribution < 1.29 is 9.47 Å². The highest BCUT2D eigenvalue weighted by Gasteiger charge is 2.21. The maximum Gasteiger partial charge on any atom is 0.162 e. The molecule has 0 bridgehead atoms. The normalized spacial score (nSPS) is 12.3. The molecule has 1 heterocycles. The van der Waals surface area contributed by atoms with Gasteiger partial charge < -0.3 is 9.47 Å². The number of thiophene rings is 1. The van der Waals surface area contributed by atoms with E-state index in [4.69, 9.17) is 32.7 Å². The Hall–Kier alpha value is 0.0600. The molecule has 20 heavy (non-hydrogen) atoms. The molecular formula is C13H10Br2Cl2O2S. The maximum atomic E-state index is 6.55. The fourth-order valence-corrected chi connectivity index (χ4v) is 5.53. The quantitative estimate of drug-likeness (QED) is 0.500. The van der Waals surface area contributed by atoms with Gasteiger partial charge >= 0.3 is 0 Å². The Morgan fingerprint density at radius 1 is 1.05 bits per heavy atom. The van der Waals surface area contributed by atoms with Crippen LogP contribution in [0.1, 0.15) is 16.5 Å². The van der Waals surface area contributed by atoms with E-state index in [0.29, 0.717) is 16.5 Å². The molecular weight excluding hydrogens is 451 g/mol. The molecule has 0 aliphatic carbocycles. The smallest absolute Gasteiger partial charge is 0.162 e. The summed E-state index contributed by atoms with van der Waals surface area (Å²) in [5.74, 6) is 1.18. The van der Waals surface area contributed by atoms with Crippen molar-refractivity contribution in [3.8, 4) is 11.5 Å². The third kappa shape index (κ3) is 3.28. The summed E-state index contributed by atoms with van der Waals surface area (Å²) in [7, 11) is 3.15. The van der Waals surface area contributed by atoms with E-state index in [1.807, 2.05) is 6.07 Å². The van der Waals surface area contributed by atoms with Gasteiger partial charge in [0.1, 0.15) is 0 Å². The van der Waals surface area contributed by atoms with E-state index in [-0.39, 0.29) is 5.38 Å². The highest BCUT2D eigenvalue weighted by molar-refractivity contribution is 9.12. The first-order valence-corrected chi connectivity index (χ1v) is 8.69. The van der Waals surface area contributed by atoms with Gasteiger partial charge in [0.25, 0.3) is 0 Å². The highest BCUT2D eigenvalue weighted by Crippen LogP contribution is 2.45. The van der Waals surface area contributed by atoms with Crippen LogP contribution in [-0.4, -0.2) is 14.2 Å². The van der Waals surface area contributed by atoms with E-state index >= 15 is 0 Å². The highest BCUT2D eigenvalue weighted by atomic mass is 79.9. The summed E-state index contributed by atoms with van der Waals surface area (Å²) < 4.78 is 12.5. The molecule has 1 unspecified atom stereocenters. The Labute approximate surface area is 148 Å². The number of halogens is 4. The molecule has 7 heteroatoms. The molecule has 1 aromatic heterocycles. The fraction of sp³-hybridized carbons (Fsp3) is 0.231. The van der Waals surface area contributed by atoms with Gasteiger partial charge in [-0.05, 0) is 49.6 Å². The standard InChI is InChI=1S/C13H10Br2Cl2O2S/c1-18-9-3-6(8(16)5-10(9)19-2)12(17)7-4-11(14)20-13(7)15/h3-5,12H,1-2H3. The van der Waals surface area contributed by atoms with Gasteiger partial charge in [-0.3, -0.25) is 0 Å². The summed E-state index contributed by atoms with van der Waals surface area (Å²) in [4.78, 5) is 0. The van der Waals surface area contributed by atoms with Crippen LogP contribution in [0.25, 0.3) is 0 Å². The predicted molar refractivity (Wildman–Crippen MR) is 92.0 cm³/mol. The zero-order valence-electron chi connectivity index (χ0n) is 10.5. The number of hydrogen-bond donors (Lipinski definition) is 0. The van der Waals surface area contributed by atoms with E-state index in [2.05, 4.69) is 31.9 Å². The first-order chi connectivity index (χ1) is 9.47. The Bertz CT molecular complexity index is 631. The fourth-order valence-electron chi connectivity index (χ4n) is 1.76. The lowest BCUT2D eigenvalue weighted by atomic mass is 10.1. The number of alkyl halides is 1. The number of methoxy groups -OCH3 is 2. The van der Waals surface area contributed by atoms with E-state index in [1.165, 1.54) is 0 Å². The Morgan fingerprint density at radius 3 is 2.15 bits per heavy atom. The molecule has 0 saturated carbocycles. The molecule has 1 aromatic carbocycles. The van der Waals surface area contributed by atoms with Crippen molar-refractivity contribution in [3.63, 3.8) is 0 Å². The van der Waals surface area contributed by atoms with E-state index in [0.717, 1.165) is 18.7 Å². The van der Waals surface area contributed by atoms with Gasteiger partial charge in [-0.2, -0.15) is 0 Å². The Kier molecular flexibility index (Phi) is 5.65. The Balaban J connectivity index is 2.49. The van der Waals surface area contributed by atoms with Crippen LogP contribution in [0.2, 0.25) is 5.02 Å². The average Bonchev–Trinajstić information content (AvgIpc) is 2.76. The van der Waals surface area contributed by atoms with Crippen LogP contribution >= 0.6 is 66.4 Å². The molecule has 0 aliphatic rings. The van der Waals surface area contributed by atoms with E-state index in [1.54, 1.807) is 37.7 Å². The van der Waals surface area contributed by atoms with Crippen molar-refractivity contribution in [2.45, 2.75) is 5.38 Å². The van der Waals surface area contributed by atoms with Crippen molar-refractivity contribution >= 4 is 66.4 Å². The lowest BCUT2D eigenvalue weighted by Gasteiger charge is -2.15. The summed E-state index contributed by atoms with van der Waals surface area (Å²) in [5.41, 5.74) is 1.73. The number of rotatable bonds is 4. The number of hydrogen-bond acceptors (Lipinski definition) is 3. The van der Waals surface area contributed by atoms with Crippen LogP contribution in [0.4, 0.5) is 0 Å². The molecule has 2 nitrogen and oxygen atoms in total. The first-order valence-electron chi connectivity index (χ1n) is 5.48. The lowest BCUT2D eigenvalue weighted by molar-refractivity contribution is 0.354. The van der Waals surface area contributed by atoms with Crippen molar-refractivity contribution in [2.24, 2.45) is 0 Å². The van der Waals surface area contributed by atoms with Crippen LogP contribution in [0.5, 0.6) is 11.5 Å². The number of benzene rings is 1. The van der Waals surface area contributed by atoms with Crippen LogP contribution in [0.3, 0.4) is 0 Å².